The maximum absolute atomic E-state index is 12.6. The highest BCUT2D eigenvalue weighted by Gasteiger charge is 2.15. The van der Waals surface area contributed by atoms with Crippen molar-refractivity contribution in [3.63, 3.8) is 0 Å². The normalized spacial score (nSPS) is 10.3. The molecule has 2 amide bonds. The van der Waals surface area contributed by atoms with Gasteiger partial charge < -0.3 is 30.3 Å². The molecule has 3 aromatic carbocycles. The minimum Gasteiger partial charge on any atom is -0.504 e. The van der Waals surface area contributed by atoms with Crippen LogP contribution < -0.4 is 20.1 Å². The van der Waals surface area contributed by atoms with Crippen LogP contribution in [0.15, 0.2) is 54.6 Å². The summed E-state index contributed by atoms with van der Waals surface area (Å²) in [4.78, 5) is 25.3. The van der Waals surface area contributed by atoms with E-state index in [1.807, 2.05) is 0 Å². The zero-order valence-corrected chi connectivity index (χ0v) is 17.4. The molecule has 0 aliphatic carbocycles. The minimum atomic E-state index is -0.530. The molecule has 3 aromatic rings. The molecule has 0 atom stereocenters. The summed E-state index contributed by atoms with van der Waals surface area (Å²) in [7, 11) is 2.80. The van der Waals surface area contributed by atoms with E-state index in [1.165, 1.54) is 62.8 Å². The first-order chi connectivity index (χ1) is 14.8. The Morgan fingerprint density at radius 3 is 1.68 bits per heavy atom. The second-order valence-electron chi connectivity index (χ2n) is 6.37. The van der Waals surface area contributed by atoms with E-state index in [4.69, 9.17) is 21.1 Å². The molecule has 4 N–H and O–H groups in total. The first-order valence-electron chi connectivity index (χ1n) is 8.98. The molecule has 3 rings (SSSR count). The summed E-state index contributed by atoms with van der Waals surface area (Å²) in [6, 6.07) is 13.0. The van der Waals surface area contributed by atoms with Crippen LogP contribution in [0, 0.1) is 0 Å². The molecule has 0 aliphatic rings. The van der Waals surface area contributed by atoms with Crippen molar-refractivity contribution in [1.82, 2.24) is 0 Å². The van der Waals surface area contributed by atoms with Gasteiger partial charge in [-0.1, -0.05) is 11.6 Å². The number of anilines is 2. The number of carbonyl (C=O) groups excluding carboxylic acids is 2. The Labute approximate surface area is 183 Å². The fourth-order valence-electron chi connectivity index (χ4n) is 2.78. The van der Waals surface area contributed by atoms with E-state index in [-0.39, 0.29) is 45.5 Å². The van der Waals surface area contributed by atoms with Crippen LogP contribution in [0.1, 0.15) is 20.7 Å². The van der Waals surface area contributed by atoms with E-state index in [1.54, 1.807) is 6.07 Å². The van der Waals surface area contributed by atoms with Gasteiger partial charge in [-0.3, -0.25) is 9.59 Å². The van der Waals surface area contributed by atoms with Crippen LogP contribution in [0.5, 0.6) is 23.0 Å². The summed E-state index contributed by atoms with van der Waals surface area (Å²) in [5.74, 6) is -0.947. The summed E-state index contributed by atoms with van der Waals surface area (Å²) >= 11 is 6.05. The van der Waals surface area contributed by atoms with Crippen LogP contribution >= 0.6 is 11.6 Å². The van der Waals surface area contributed by atoms with Crippen molar-refractivity contribution in [2.75, 3.05) is 24.9 Å². The molecular formula is C22H19ClN2O6. The molecule has 8 nitrogen and oxygen atoms in total. The number of methoxy groups -OCH3 is 2. The van der Waals surface area contributed by atoms with Gasteiger partial charge in [0.1, 0.15) is 0 Å². The lowest BCUT2D eigenvalue weighted by atomic mass is 10.1. The second kappa shape index (κ2) is 9.27. The maximum Gasteiger partial charge on any atom is 0.255 e. The molecule has 31 heavy (non-hydrogen) atoms. The number of halogens is 1. The number of hydrogen-bond acceptors (Lipinski definition) is 6. The number of benzene rings is 3. The quantitative estimate of drug-likeness (QED) is 0.453. The molecular weight excluding hydrogens is 424 g/mol. The van der Waals surface area contributed by atoms with Crippen LogP contribution in [0.3, 0.4) is 0 Å². The summed E-state index contributed by atoms with van der Waals surface area (Å²) < 4.78 is 9.94. The molecule has 0 aromatic heterocycles. The molecule has 9 heteroatoms. The number of rotatable bonds is 6. The minimum absolute atomic E-state index is 0.177. The number of ether oxygens (including phenoxy) is 2. The Bertz CT molecular complexity index is 1150. The molecule has 0 bridgehead atoms. The van der Waals surface area contributed by atoms with Gasteiger partial charge in [0, 0.05) is 16.1 Å². The molecule has 0 radical (unpaired) electrons. The average molecular weight is 443 g/mol. The highest BCUT2D eigenvalue weighted by atomic mass is 35.5. The number of hydrogen-bond donors (Lipinski definition) is 4. The standard InChI is InChI=1S/C22H19ClN2O6/c1-30-19-7-3-12(9-17(19)26)21(28)24-15-6-5-14(23)11-16(15)25-22(29)13-4-8-20(31-2)18(27)10-13/h3-11,26-27H,1-2H3,(H,24,28)(H,25,29). The molecule has 0 aliphatic heterocycles. The second-order valence-corrected chi connectivity index (χ2v) is 6.81. The van der Waals surface area contributed by atoms with Crippen molar-refractivity contribution in [3.8, 4) is 23.0 Å². The number of phenolic OH excluding ortho intramolecular Hbond substituents is 2. The van der Waals surface area contributed by atoms with E-state index < -0.39 is 11.8 Å². The fourth-order valence-corrected chi connectivity index (χ4v) is 2.95. The van der Waals surface area contributed by atoms with E-state index in [0.29, 0.717) is 5.02 Å². The van der Waals surface area contributed by atoms with E-state index in [0.717, 1.165) is 0 Å². The van der Waals surface area contributed by atoms with Crippen LogP contribution in [0.25, 0.3) is 0 Å². The third-order valence-corrected chi connectivity index (χ3v) is 4.60. The third-order valence-electron chi connectivity index (χ3n) is 4.36. The van der Waals surface area contributed by atoms with Gasteiger partial charge in [0.15, 0.2) is 23.0 Å². The summed E-state index contributed by atoms with van der Waals surface area (Å²) in [6.45, 7) is 0. The Morgan fingerprint density at radius 1 is 0.742 bits per heavy atom. The van der Waals surface area contributed by atoms with Gasteiger partial charge in [0.25, 0.3) is 11.8 Å². The van der Waals surface area contributed by atoms with E-state index in [9.17, 15) is 19.8 Å². The Kier molecular flexibility index (Phi) is 6.52. The Balaban J connectivity index is 1.83. The topological polar surface area (TPSA) is 117 Å². The maximum atomic E-state index is 12.6. The highest BCUT2D eigenvalue weighted by molar-refractivity contribution is 6.31. The van der Waals surface area contributed by atoms with Crippen LogP contribution in [0.2, 0.25) is 5.02 Å². The van der Waals surface area contributed by atoms with Crippen molar-refractivity contribution in [3.05, 3.63) is 70.7 Å². The van der Waals surface area contributed by atoms with Crippen LogP contribution in [-0.2, 0) is 0 Å². The van der Waals surface area contributed by atoms with Crippen LogP contribution in [-0.4, -0.2) is 36.2 Å². The van der Waals surface area contributed by atoms with Gasteiger partial charge in [0.2, 0.25) is 0 Å². The Morgan fingerprint density at radius 2 is 1.23 bits per heavy atom. The van der Waals surface area contributed by atoms with Gasteiger partial charge in [-0.2, -0.15) is 0 Å². The van der Waals surface area contributed by atoms with Gasteiger partial charge >= 0.3 is 0 Å². The zero-order chi connectivity index (χ0) is 22.5. The van der Waals surface area contributed by atoms with Crippen molar-refractivity contribution >= 4 is 34.8 Å². The fraction of sp³-hybridized carbons (Fsp3) is 0.0909. The predicted octanol–water partition coefficient (Wildman–Crippen LogP) is 4.27. The largest absolute Gasteiger partial charge is 0.504 e. The number of nitrogens with one attached hydrogen (secondary N) is 2. The monoisotopic (exact) mass is 442 g/mol. The number of carbonyl (C=O) groups is 2. The zero-order valence-electron chi connectivity index (χ0n) is 16.6. The predicted molar refractivity (Wildman–Crippen MR) is 117 cm³/mol. The summed E-state index contributed by atoms with van der Waals surface area (Å²) in [6.07, 6.45) is 0. The first kappa shape index (κ1) is 21.8. The van der Waals surface area contributed by atoms with Crippen molar-refractivity contribution in [2.24, 2.45) is 0 Å². The number of aromatic hydroxyl groups is 2. The summed E-state index contributed by atoms with van der Waals surface area (Å²) in [5, 5.41) is 25.5. The smallest absolute Gasteiger partial charge is 0.255 e. The summed E-state index contributed by atoms with van der Waals surface area (Å²) in [5.41, 5.74) is 0.899. The average Bonchev–Trinajstić information content (AvgIpc) is 2.75. The van der Waals surface area contributed by atoms with E-state index >= 15 is 0 Å². The van der Waals surface area contributed by atoms with Crippen molar-refractivity contribution in [2.45, 2.75) is 0 Å². The lowest BCUT2D eigenvalue weighted by Crippen LogP contribution is -2.17. The molecule has 0 saturated heterocycles. The van der Waals surface area contributed by atoms with Gasteiger partial charge in [-0.15, -0.1) is 0 Å². The lowest BCUT2D eigenvalue weighted by molar-refractivity contribution is 0.101. The highest BCUT2D eigenvalue weighted by Crippen LogP contribution is 2.30. The third kappa shape index (κ3) is 4.99. The molecule has 0 heterocycles. The SMILES string of the molecule is COc1ccc(C(=O)Nc2ccc(Cl)cc2NC(=O)c2ccc(OC)c(O)c2)cc1O. The molecule has 0 spiro atoms. The molecule has 160 valence electrons. The van der Waals surface area contributed by atoms with Gasteiger partial charge in [-0.25, -0.2) is 0 Å². The molecule has 0 unspecified atom stereocenters. The molecule has 0 saturated carbocycles. The number of amides is 2. The van der Waals surface area contributed by atoms with Gasteiger partial charge in [0.05, 0.1) is 25.6 Å². The van der Waals surface area contributed by atoms with E-state index in [2.05, 4.69) is 10.6 Å². The lowest BCUT2D eigenvalue weighted by Gasteiger charge is -2.14. The first-order valence-corrected chi connectivity index (χ1v) is 9.36. The number of phenols is 2. The van der Waals surface area contributed by atoms with Crippen molar-refractivity contribution in [1.29, 1.82) is 0 Å². The van der Waals surface area contributed by atoms with Gasteiger partial charge in [-0.05, 0) is 54.6 Å². The molecule has 0 fully saturated rings. The Hall–Kier alpha value is -3.91. The van der Waals surface area contributed by atoms with Crippen molar-refractivity contribution < 1.29 is 29.3 Å². The van der Waals surface area contributed by atoms with Crippen LogP contribution in [0.4, 0.5) is 11.4 Å².